The first kappa shape index (κ1) is 14.0. The Morgan fingerprint density at radius 2 is 1.70 bits per heavy atom. The zero-order valence-electron chi connectivity index (χ0n) is 12.9. The van der Waals surface area contributed by atoms with Gasteiger partial charge in [-0.3, -0.25) is 0 Å². The van der Waals surface area contributed by atoms with E-state index >= 15 is 0 Å². The first-order chi connectivity index (χ1) is 9.84. The summed E-state index contributed by atoms with van der Waals surface area (Å²) in [5.74, 6) is 1.94. The SMILES string of the molecule is CC(C1CCCCC1)n1ccnc1NC1CCCCC1. The molecule has 1 N–H and O–H groups in total. The number of imidazole rings is 1. The van der Waals surface area contributed by atoms with Gasteiger partial charge in [-0.25, -0.2) is 4.98 Å². The Balaban J connectivity index is 1.65. The van der Waals surface area contributed by atoms with E-state index in [2.05, 4.69) is 28.0 Å². The van der Waals surface area contributed by atoms with Gasteiger partial charge in [-0.1, -0.05) is 38.5 Å². The molecule has 20 heavy (non-hydrogen) atoms. The van der Waals surface area contributed by atoms with Crippen molar-refractivity contribution in [2.24, 2.45) is 5.92 Å². The molecule has 2 fully saturated rings. The number of hydrogen-bond acceptors (Lipinski definition) is 2. The van der Waals surface area contributed by atoms with Crippen LogP contribution in [0.5, 0.6) is 0 Å². The third-order valence-electron chi connectivity index (χ3n) is 5.38. The molecule has 1 unspecified atom stereocenters. The largest absolute Gasteiger partial charge is 0.353 e. The predicted octanol–water partition coefficient (Wildman–Crippen LogP) is 4.77. The lowest BCUT2D eigenvalue weighted by Crippen LogP contribution is -2.26. The molecule has 0 saturated heterocycles. The van der Waals surface area contributed by atoms with Gasteiger partial charge in [0.25, 0.3) is 0 Å². The number of hydrogen-bond donors (Lipinski definition) is 1. The summed E-state index contributed by atoms with van der Waals surface area (Å²) in [4.78, 5) is 4.58. The van der Waals surface area contributed by atoms with Crippen LogP contribution in [-0.4, -0.2) is 15.6 Å². The molecule has 0 aliphatic heterocycles. The van der Waals surface area contributed by atoms with Gasteiger partial charge >= 0.3 is 0 Å². The molecule has 2 saturated carbocycles. The Hall–Kier alpha value is -0.990. The van der Waals surface area contributed by atoms with Gasteiger partial charge in [0.15, 0.2) is 0 Å². The smallest absolute Gasteiger partial charge is 0.203 e. The number of rotatable bonds is 4. The Bertz CT molecular complexity index is 400. The van der Waals surface area contributed by atoms with Crippen LogP contribution >= 0.6 is 0 Å². The highest BCUT2D eigenvalue weighted by Gasteiger charge is 2.24. The van der Waals surface area contributed by atoms with Gasteiger partial charge in [0.1, 0.15) is 0 Å². The van der Waals surface area contributed by atoms with Crippen molar-refractivity contribution in [3.8, 4) is 0 Å². The summed E-state index contributed by atoms with van der Waals surface area (Å²) in [6.45, 7) is 2.38. The minimum atomic E-state index is 0.587. The van der Waals surface area contributed by atoms with Gasteiger partial charge in [-0.2, -0.15) is 0 Å². The van der Waals surface area contributed by atoms with E-state index in [1.807, 2.05) is 6.20 Å². The highest BCUT2D eigenvalue weighted by Crippen LogP contribution is 2.34. The maximum Gasteiger partial charge on any atom is 0.203 e. The van der Waals surface area contributed by atoms with Crippen molar-refractivity contribution in [2.75, 3.05) is 5.32 Å². The van der Waals surface area contributed by atoms with Gasteiger partial charge in [-0.15, -0.1) is 0 Å². The molecule has 0 spiro atoms. The van der Waals surface area contributed by atoms with E-state index in [1.54, 1.807) is 0 Å². The molecule has 0 bridgehead atoms. The van der Waals surface area contributed by atoms with Gasteiger partial charge in [0.2, 0.25) is 5.95 Å². The molecular formula is C17H29N3. The number of nitrogens with one attached hydrogen (secondary N) is 1. The zero-order chi connectivity index (χ0) is 13.8. The second-order valence-corrected chi connectivity index (χ2v) is 6.78. The van der Waals surface area contributed by atoms with E-state index in [0.717, 1.165) is 11.9 Å². The molecule has 3 heteroatoms. The normalized spacial score (nSPS) is 23.6. The van der Waals surface area contributed by atoms with E-state index in [-0.39, 0.29) is 0 Å². The van der Waals surface area contributed by atoms with E-state index < -0.39 is 0 Å². The Morgan fingerprint density at radius 1 is 1.05 bits per heavy atom. The fraction of sp³-hybridized carbons (Fsp3) is 0.824. The van der Waals surface area contributed by atoms with Crippen LogP contribution in [0, 0.1) is 5.92 Å². The maximum absolute atomic E-state index is 4.58. The van der Waals surface area contributed by atoms with Crippen LogP contribution in [0.25, 0.3) is 0 Å². The van der Waals surface area contributed by atoms with Crippen molar-refractivity contribution in [1.82, 2.24) is 9.55 Å². The fourth-order valence-corrected chi connectivity index (χ4v) is 4.03. The highest BCUT2D eigenvalue weighted by molar-refractivity contribution is 5.28. The van der Waals surface area contributed by atoms with Crippen molar-refractivity contribution >= 4 is 5.95 Å². The minimum Gasteiger partial charge on any atom is -0.353 e. The highest BCUT2D eigenvalue weighted by atomic mass is 15.2. The molecule has 1 aromatic heterocycles. The Labute approximate surface area is 123 Å². The third-order valence-corrected chi connectivity index (χ3v) is 5.38. The van der Waals surface area contributed by atoms with Crippen molar-refractivity contribution in [2.45, 2.75) is 83.2 Å². The summed E-state index contributed by atoms with van der Waals surface area (Å²) in [7, 11) is 0. The van der Waals surface area contributed by atoms with E-state index in [0.29, 0.717) is 12.1 Å². The van der Waals surface area contributed by atoms with Crippen LogP contribution in [0.2, 0.25) is 0 Å². The molecular weight excluding hydrogens is 246 g/mol. The molecule has 0 amide bonds. The van der Waals surface area contributed by atoms with Crippen LogP contribution < -0.4 is 5.32 Å². The van der Waals surface area contributed by atoms with Crippen LogP contribution in [0.15, 0.2) is 12.4 Å². The molecule has 1 aromatic rings. The quantitative estimate of drug-likeness (QED) is 0.858. The summed E-state index contributed by atoms with van der Waals surface area (Å²) < 4.78 is 2.39. The lowest BCUT2D eigenvalue weighted by molar-refractivity contribution is 0.265. The number of aromatic nitrogens is 2. The van der Waals surface area contributed by atoms with Crippen molar-refractivity contribution < 1.29 is 0 Å². The number of nitrogens with zero attached hydrogens (tertiary/aromatic N) is 2. The first-order valence-electron chi connectivity index (χ1n) is 8.64. The lowest BCUT2D eigenvalue weighted by Gasteiger charge is -2.31. The van der Waals surface area contributed by atoms with Crippen LogP contribution in [-0.2, 0) is 0 Å². The second kappa shape index (κ2) is 6.64. The van der Waals surface area contributed by atoms with Crippen molar-refractivity contribution in [3.63, 3.8) is 0 Å². The lowest BCUT2D eigenvalue weighted by atomic mass is 9.84. The molecule has 3 nitrogen and oxygen atoms in total. The fourth-order valence-electron chi connectivity index (χ4n) is 4.03. The molecule has 1 atom stereocenters. The average Bonchev–Trinajstić information content (AvgIpc) is 2.96. The van der Waals surface area contributed by atoms with Crippen LogP contribution in [0.4, 0.5) is 5.95 Å². The minimum absolute atomic E-state index is 0.587. The standard InChI is InChI=1S/C17H29N3/c1-14(15-8-4-2-5-9-15)20-13-12-18-17(20)19-16-10-6-3-7-11-16/h12-16H,2-11H2,1H3,(H,18,19). The summed E-state index contributed by atoms with van der Waals surface area (Å²) in [6.07, 6.45) is 17.9. The zero-order valence-corrected chi connectivity index (χ0v) is 12.9. The van der Waals surface area contributed by atoms with Crippen LogP contribution in [0.3, 0.4) is 0 Å². The summed E-state index contributed by atoms with van der Waals surface area (Å²) in [5.41, 5.74) is 0. The van der Waals surface area contributed by atoms with Gasteiger partial charge in [-0.05, 0) is 38.5 Å². The Morgan fingerprint density at radius 3 is 2.40 bits per heavy atom. The second-order valence-electron chi connectivity index (χ2n) is 6.78. The molecule has 2 aliphatic rings. The molecule has 3 rings (SSSR count). The summed E-state index contributed by atoms with van der Waals surface area (Å²) >= 11 is 0. The Kier molecular flexibility index (Phi) is 4.64. The molecule has 0 aromatic carbocycles. The van der Waals surface area contributed by atoms with E-state index in [1.165, 1.54) is 64.2 Å². The van der Waals surface area contributed by atoms with Gasteiger partial charge < -0.3 is 9.88 Å². The average molecular weight is 275 g/mol. The monoisotopic (exact) mass is 275 g/mol. The summed E-state index contributed by atoms with van der Waals surface area (Å²) in [6, 6.07) is 1.23. The molecule has 0 radical (unpaired) electrons. The molecule has 112 valence electrons. The third kappa shape index (κ3) is 3.18. The predicted molar refractivity (Wildman–Crippen MR) is 84.0 cm³/mol. The van der Waals surface area contributed by atoms with Crippen LogP contribution in [0.1, 0.15) is 77.2 Å². The summed E-state index contributed by atoms with van der Waals surface area (Å²) in [5, 5.41) is 3.70. The van der Waals surface area contributed by atoms with Gasteiger partial charge in [0, 0.05) is 24.5 Å². The molecule has 1 heterocycles. The van der Waals surface area contributed by atoms with E-state index in [9.17, 15) is 0 Å². The van der Waals surface area contributed by atoms with Gasteiger partial charge in [0.05, 0.1) is 0 Å². The topological polar surface area (TPSA) is 29.9 Å². The maximum atomic E-state index is 4.58. The van der Waals surface area contributed by atoms with Crippen molar-refractivity contribution in [1.29, 1.82) is 0 Å². The molecule has 2 aliphatic carbocycles. The van der Waals surface area contributed by atoms with E-state index in [4.69, 9.17) is 0 Å². The first-order valence-corrected chi connectivity index (χ1v) is 8.64. The van der Waals surface area contributed by atoms with Crippen molar-refractivity contribution in [3.05, 3.63) is 12.4 Å². The number of anilines is 1.